The van der Waals surface area contributed by atoms with Gasteiger partial charge in [-0.3, -0.25) is 4.79 Å². The zero-order valence-corrected chi connectivity index (χ0v) is 6.38. The van der Waals surface area contributed by atoms with Crippen LogP contribution in [0.3, 0.4) is 0 Å². The molecule has 4 heteroatoms. The number of nitrogens with zero attached hydrogens (tertiary/aromatic N) is 1. The van der Waals surface area contributed by atoms with Crippen LogP contribution in [0.4, 0.5) is 0 Å². The number of carbonyl (C=O) groups is 2. The Morgan fingerprint density at radius 3 is 3.18 bits per heavy atom. The van der Waals surface area contributed by atoms with E-state index in [4.69, 9.17) is 0 Å². The van der Waals surface area contributed by atoms with Crippen molar-refractivity contribution in [1.82, 2.24) is 10.2 Å². The van der Waals surface area contributed by atoms with Crippen molar-refractivity contribution >= 4 is 12.2 Å². The first-order valence-electron chi connectivity index (χ1n) is 3.76. The van der Waals surface area contributed by atoms with Gasteiger partial charge in [0.15, 0.2) is 0 Å². The Labute approximate surface area is 65.6 Å². The lowest BCUT2D eigenvalue weighted by molar-refractivity contribution is -0.131. The van der Waals surface area contributed by atoms with Crippen molar-refractivity contribution in [2.75, 3.05) is 26.2 Å². The Balaban J connectivity index is 2.45. The molecule has 0 aromatic heterocycles. The lowest BCUT2D eigenvalue weighted by Gasteiger charge is -2.15. The average molecular weight is 156 g/mol. The molecule has 1 fully saturated rings. The van der Waals surface area contributed by atoms with E-state index in [0.717, 1.165) is 19.3 Å². The molecule has 0 bridgehead atoms. The molecule has 1 saturated heterocycles. The largest absolute Gasteiger partial charge is 0.335 e. The van der Waals surface area contributed by atoms with Crippen molar-refractivity contribution in [3.05, 3.63) is 0 Å². The summed E-state index contributed by atoms with van der Waals surface area (Å²) < 4.78 is 0. The van der Waals surface area contributed by atoms with E-state index in [2.05, 4.69) is 5.32 Å². The lowest BCUT2D eigenvalue weighted by atomic mass is 10.4. The maximum Gasteiger partial charge on any atom is 0.236 e. The van der Waals surface area contributed by atoms with Gasteiger partial charge in [0.25, 0.3) is 0 Å². The highest BCUT2D eigenvalue weighted by atomic mass is 16.2. The Morgan fingerprint density at radius 2 is 2.45 bits per heavy atom. The minimum atomic E-state index is 0.0228. The number of carbonyl (C=O) groups excluding carboxylic acids is 2. The SMILES string of the molecule is O=CCN1CCCNCC1=O. The fourth-order valence-electron chi connectivity index (χ4n) is 1.11. The Hall–Kier alpha value is -0.900. The third-order valence-electron chi connectivity index (χ3n) is 1.71. The van der Waals surface area contributed by atoms with Crippen LogP contribution in [0, 0.1) is 0 Å². The molecule has 0 aromatic carbocycles. The summed E-state index contributed by atoms with van der Waals surface area (Å²) in [5.74, 6) is 0.0228. The summed E-state index contributed by atoms with van der Waals surface area (Å²) in [6.45, 7) is 2.17. The highest BCUT2D eigenvalue weighted by molar-refractivity contribution is 5.80. The summed E-state index contributed by atoms with van der Waals surface area (Å²) in [7, 11) is 0. The van der Waals surface area contributed by atoms with E-state index in [0.29, 0.717) is 13.1 Å². The third-order valence-corrected chi connectivity index (χ3v) is 1.71. The fraction of sp³-hybridized carbons (Fsp3) is 0.714. The van der Waals surface area contributed by atoms with E-state index in [1.165, 1.54) is 0 Å². The van der Waals surface area contributed by atoms with Gasteiger partial charge in [-0.05, 0) is 13.0 Å². The van der Waals surface area contributed by atoms with Crippen LogP contribution in [-0.4, -0.2) is 43.3 Å². The molecule has 0 radical (unpaired) electrons. The van der Waals surface area contributed by atoms with Crippen molar-refractivity contribution in [2.45, 2.75) is 6.42 Å². The summed E-state index contributed by atoms with van der Waals surface area (Å²) in [6, 6.07) is 0. The second-order valence-electron chi connectivity index (χ2n) is 2.54. The van der Waals surface area contributed by atoms with Crippen molar-refractivity contribution in [3.63, 3.8) is 0 Å². The number of hydrogen-bond donors (Lipinski definition) is 1. The summed E-state index contributed by atoms with van der Waals surface area (Å²) >= 11 is 0. The first kappa shape index (κ1) is 8.20. The normalized spacial score (nSPS) is 19.6. The van der Waals surface area contributed by atoms with E-state index >= 15 is 0 Å². The lowest BCUT2D eigenvalue weighted by Crippen LogP contribution is -2.35. The number of amides is 1. The minimum absolute atomic E-state index is 0.0228. The first-order chi connectivity index (χ1) is 5.34. The predicted octanol–water partition coefficient (Wildman–Crippen LogP) is -0.993. The topological polar surface area (TPSA) is 49.4 Å². The summed E-state index contributed by atoms with van der Waals surface area (Å²) in [5, 5.41) is 2.98. The Kier molecular flexibility index (Phi) is 3.04. The average Bonchev–Trinajstić information content (AvgIpc) is 2.18. The Bertz CT molecular complexity index is 159. The van der Waals surface area contributed by atoms with Gasteiger partial charge in [0.05, 0.1) is 13.1 Å². The molecule has 0 spiro atoms. The maximum atomic E-state index is 11.1. The molecule has 62 valence electrons. The quantitative estimate of drug-likeness (QED) is 0.522. The third kappa shape index (κ3) is 2.31. The maximum absolute atomic E-state index is 11.1. The standard InChI is InChI=1S/C7H12N2O2/c10-5-4-9-3-1-2-8-6-7(9)11/h5,8H,1-4,6H2. The van der Waals surface area contributed by atoms with E-state index in [1.807, 2.05) is 0 Å². The summed E-state index contributed by atoms with van der Waals surface area (Å²) in [5.41, 5.74) is 0. The molecule has 1 amide bonds. The molecular formula is C7H12N2O2. The van der Waals surface area contributed by atoms with Gasteiger partial charge in [0.1, 0.15) is 6.29 Å². The molecule has 0 unspecified atom stereocenters. The molecule has 11 heavy (non-hydrogen) atoms. The number of aldehydes is 1. The van der Waals surface area contributed by atoms with E-state index < -0.39 is 0 Å². The number of rotatable bonds is 2. The van der Waals surface area contributed by atoms with Gasteiger partial charge in [0.2, 0.25) is 5.91 Å². The first-order valence-corrected chi connectivity index (χ1v) is 3.76. The molecule has 1 N–H and O–H groups in total. The van der Waals surface area contributed by atoms with Crippen LogP contribution in [0.15, 0.2) is 0 Å². The van der Waals surface area contributed by atoms with Crippen molar-refractivity contribution in [1.29, 1.82) is 0 Å². The van der Waals surface area contributed by atoms with Crippen LogP contribution in [0.25, 0.3) is 0 Å². The van der Waals surface area contributed by atoms with Crippen LogP contribution in [0.1, 0.15) is 6.42 Å². The minimum Gasteiger partial charge on any atom is -0.335 e. The fourth-order valence-corrected chi connectivity index (χ4v) is 1.11. The zero-order valence-electron chi connectivity index (χ0n) is 6.38. The van der Waals surface area contributed by atoms with Crippen molar-refractivity contribution in [3.8, 4) is 0 Å². The van der Waals surface area contributed by atoms with Gasteiger partial charge < -0.3 is 15.0 Å². The zero-order chi connectivity index (χ0) is 8.10. The van der Waals surface area contributed by atoms with Crippen LogP contribution < -0.4 is 5.32 Å². The smallest absolute Gasteiger partial charge is 0.236 e. The van der Waals surface area contributed by atoms with Crippen LogP contribution in [0.2, 0.25) is 0 Å². The van der Waals surface area contributed by atoms with Crippen molar-refractivity contribution in [2.24, 2.45) is 0 Å². The van der Waals surface area contributed by atoms with Crippen LogP contribution >= 0.6 is 0 Å². The molecule has 1 aliphatic rings. The molecule has 1 aliphatic heterocycles. The number of nitrogens with one attached hydrogen (secondary N) is 1. The highest BCUT2D eigenvalue weighted by Gasteiger charge is 2.14. The Morgan fingerprint density at radius 1 is 1.64 bits per heavy atom. The number of hydrogen-bond acceptors (Lipinski definition) is 3. The van der Waals surface area contributed by atoms with Crippen molar-refractivity contribution < 1.29 is 9.59 Å². The molecule has 0 atom stereocenters. The molecule has 0 aliphatic carbocycles. The molecule has 0 aromatic rings. The molecule has 1 rings (SSSR count). The molecule has 0 saturated carbocycles. The molecular weight excluding hydrogens is 144 g/mol. The highest BCUT2D eigenvalue weighted by Crippen LogP contribution is 1.94. The molecule has 1 heterocycles. The van der Waals surface area contributed by atoms with Crippen LogP contribution in [0.5, 0.6) is 0 Å². The summed E-state index contributed by atoms with van der Waals surface area (Å²) in [6.07, 6.45) is 1.70. The molecule has 4 nitrogen and oxygen atoms in total. The van der Waals surface area contributed by atoms with E-state index in [-0.39, 0.29) is 12.5 Å². The van der Waals surface area contributed by atoms with E-state index in [9.17, 15) is 9.59 Å². The van der Waals surface area contributed by atoms with Gasteiger partial charge in [-0.25, -0.2) is 0 Å². The van der Waals surface area contributed by atoms with E-state index in [1.54, 1.807) is 4.90 Å². The van der Waals surface area contributed by atoms with Gasteiger partial charge in [-0.15, -0.1) is 0 Å². The summed E-state index contributed by atoms with van der Waals surface area (Å²) in [4.78, 5) is 22.8. The second kappa shape index (κ2) is 4.08. The van der Waals surface area contributed by atoms with Gasteiger partial charge >= 0.3 is 0 Å². The van der Waals surface area contributed by atoms with Crippen LogP contribution in [-0.2, 0) is 9.59 Å². The van der Waals surface area contributed by atoms with Gasteiger partial charge in [-0.2, -0.15) is 0 Å². The van der Waals surface area contributed by atoms with Gasteiger partial charge in [-0.1, -0.05) is 0 Å². The van der Waals surface area contributed by atoms with Gasteiger partial charge in [0, 0.05) is 6.54 Å². The second-order valence-corrected chi connectivity index (χ2v) is 2.54. The monoisotopic (exact) mass is 156 g/mol. The predicted molar refractivity (Wildman–Crippen MR) is 40.1 cm³/mol.